The summed E-state index contributed by atoms with van der Waals surface area (Å²) in [4.78, 5) is 11.2. The minimum atomic E-state index is -0.489. The van der Waals surface area contributed by atoms with Gasteiger partial charge in [-0.2, -0.15) is 0 Å². The predicted molar refractivity (Wildman–Crippen MR) is 61.7 cm³/mol. The Morgan fingerprint density at radius 3 is 2.81 bits per heavy atom. The molecular weight excluding hydrogens is 254 g/mol. The summed E-state index contributed by atoms with van der Waals surface area (Å²) in [6, 6.07) is 3.71. The van der Waals surface area contributed by atoms with Gasteiger partial charge in [-0.1, -0.05) is 23.2 Å². The minimum Gasteiger partial charge on any atom is -0.487 e. The first-order valence-corrected chi connectivity index (χ1v) is 5.24. The maximum absolute atomic E-state index is 12.9. The van der Waals surface area contributed by atoms with Crippen molar-refractivity contribution < 1.29 is 13.9 Å². The molecule has 2 nitrogen and oxygen atoms in total. The maximum atomic E-state index is 12.9. The van der Waals surface area contributed by atoms with E-state index < -0.39 is 5.82 Å². The Morgan fingerprint density at radius 1 is 1.56 bits per heavy atom. The number of Topliss-reactive ketones (excluding diaryl/α,β-unsaturated/α-hetero) is 1. The highest BCUT2D eigenvalue weighted by Crippen LogP contribution is 2.21. The van der Waals surface area contributed by atoms with Crippen molar-refractivity contribution in [2.75, 3.05) is 6.61 Å². The lowest BCUT2D eigenvalue weighted by molar-refractivity contribution is 0.101. The Labute approximate surface area is 103 Å². The fraction of sp³-hybridized carbons (Fsp3) is 0.182. The lowest BCUT2D eigenvalue weighted by atomic mass is 10.1. The largest absolute Gasteiger partial charge is 0.487 e. The van der Waals surface area contributed by atoms with E-state index in [2.05, 4.69) is 0 Å². The monoisotopic (exact) mass is 262 g/mol. The van der Waals surface area contributed by atoms with Crippen molar-refractivity contribution in [1.29, 1.82) is 0 Å². The van der Waals surface area contributed by atoms with Crippen LogP contribution in [0.1, 0.15) is 17.3 Å². The van der Waals surface area contributed by atoms with Crippen molar-refractivity contribution in [2.24, 2.45) is 0 Å². The van der Waals surface area contributed by atoms with E-state index >= 15 is 0 Å². The Hall–Kier alpha value is -1.06. The highest BCUT2D eigenvalue weighted by molar-refractivity contribution is 6.36. The Morgan fingerprint density at radius 2 is 2.25 bits per heavy atom. The third-order valence-corrected chi connectivity index (χ3v) is 2.40. The van der Waals surface area contributed by atoms with Crippen LogP contribution in [0.3, 0.4) is 0 Å². The number of ketones is 1. The molecule has 0 aliphatic heterocycles. The minimum absolute atomic E-state index is 0.0387. The van der Waals surface area contributed by atoms with Gasteiger partial charge in [0.05, 0.1) is 10.6 Å². The molecule has 1 aromatic carbocycles. The summed E-state index contributed by atoms with van der Waals surface area (Å²) in [7, 11) is 0. The number of carbonyl (C=O) groups excluding carboxylic acids is 1. The van der Waals surface area contributed by atoms with Crippen molar-refractivity contribution >= 4 is 29.0 Å². The van der Waals surface area contributed by atoms with Crippen LogP contribution in [0.5, 0.6) is 5.75 Å². The van der Waals surface area contributed by atoms with E-state index in [1.807, 2.05) is 0 Å². The molecule has 0 aliphatic carbocycles. The molecule has 5 heteroatoms. The average molecular weight is 263 g/mol. The van der Waals surface area contributed by atoms with E-state index in [0.717, 1.165) is 6.07 Å². The number of carbonyl (C=O) groups is 1. The van der Waals surface area contributed by atoms with Crippen LogP contribution in [0.25, 0.3) is 0 Å². The van der Waals surface area contributed by atoms with Gasteiger partial charge in [0.2, 0.25) is 0 Å². The molecule has 0 amide bonds. The van der Waals surface area contributed by atoms with Crippen LogP contribution in [0, 0.1) is 5.82 Å². The lowest BCUT2D eigenvalue weighted by Gasteiger charge is -2.08. The van der Waals surface area contributed by atoms with Gasteiger partial charge in [-0.05, 0) is 25.1 Å². The molecule has 0 saturated heterocycles. The van der Waals surface area contributed by atoms with Crippen LogP contribution in [0.4, 0.5) is 4.39 Å². The van der Waals surface area contributed by atoms with Crippen LogP contribution in [0.15, 0.2) is 28.8 Å². The van der Waals surface area contributed by atoms with Gasteiger partial charge in [0.15, 0.2) is 5.78 Å². The van der Waals surface area contributed by atoms with E-state index in [-0.39, 0.29) is 23.7 Å². The molecule has 0 atom stereocenters. The quantitative estimate of drug-likeness (QED) is 0.774. The third-order valence-electron chi connectivity index (χ3n) is 1.80. The smallest absolute Gasteiger partial charge is 0.163 e. The Bertz CT molecular complexity index is 430. The molecule has 0 bridgehead atoms. The second-order valence-electron chi connectivity index (χ2n) is 3.04. The van der Waals surface area contributed by atoms with E-state index in [1.54, 1.807) is 0 Å². The molecular formula is C11H9Cl2FO2. The van der Waals surface area contributed by atoms with Gasteiger partial charge in [-0.15, -0.1) is 0 Å². The van der Waals surface area contributed by atoms with Gasteiger partial charge in [0, 0.05) is 5.54 Å². The van der Waals surface area contributed by atoms with E-state index in [0.29, 0.717) is 5.03 Å². The topological polar surface area (TPSA) is 26.3 Å². The number of benzene rings is 1. The first kappa shape index (κ1) is 13.0. The SMILES string of the molecule is CC(=O)c1cc(F)ccc1OCC(Cl)=CCl. The summed E-state index contributed by atoms with van der Waals surface area (Å²) in [6.45, 7) is 1.37. The second kappa shape index (κ2) is 5.87. The molecule has 86 valence electrons. The molecule has 16 heavy (non-hydrogen) atoms. The van der Waals surface area contributed by atoms with Crippen molar-refractivity contribution in [3.63, 3.8) is 0 Å². The van der Waals surface area contributed by atoms with Crippen molar-refractivity contribution in [3.05, 3.63) is 40.1 Å². The number of hydrogen-bond acceptors (Lipinski definition) is 2. The van der Waals surface area contributed by atoms with Crippen LogP contribution < -0.4 is 4.74 Å². The van der Waals surface area contributed by atoms with Crippen molar-refractivity contribution in [3.8, 4) is 5.75 Å². The highest BCUT2D eigenvalue weighted by atomic mass is 35.5. The first-order chi connectivity index (χ1) is 7.54. The van der Waals surface area contributed by atoms with Gasteiger partial charge < -0.3 is 4.74 Å². The zero-order chi connectivity index (χ0) is 12.1. The Balaban J connectivity index is 2.91. The number of hydrogen-bond donors (Lipinski definition) is 0. The van der Waals surface area contributed by atoms with Gasteiger partial charge in [0.25, 0.3) is 0 Å². The molecule has 0 saturated carbocycles. The van der Waals surface area contributed by atoms with Crippen LogP contribution in [-0.4, -0.2) is 12.4 Å². The fourth-order valence-corrected chi connectivity index (χ4v) is 1.20. The third kappa shape index (κ3) is 3.51. The Kier molecular flexibility index (Phi) is 4.77. The number of rotatable bonds is 4. The molecule has 0 fully saturated rings. The van der Waals surface area contributed by atoms with Crippen molar-refractivity contribution in [2.45, 2.75) is 6.92 Å². The normalized spacial score (nSPS) is 11.4. The van der Waals surface area contributed by atoms with Crippen LogP contribution in [0.2, 0.25) is 0 Å². The molecule has 0 N–H and O–H groups in total. The lowest BCUT2D eigenvalue weighted by Crippen LogP contribution is -2.03. The zero-order valence-electron chi connectivity index (χ0n) is 8.47. The molecule has 0 spiro atoms. The molecule has 1 aromatic rings. The van der Waals surface area contributed by atoms with Gasteiger partial charge in [0.1, 0.15) is 18.2 Å². The van der Waals surface area contributed by atoms with Gasteiger partial charge >= 0.3 is 0 Å². The summed E-state index contributed by atoms with van der Waals surface area (Å²) in [5.74, 6) is -0.484. The molecule has 0 unspecified atom stereocenters. The van der Waals surface area contributed by atoms with Crippen LogP contribution in [-0.2, 0) is 0 Å². The predicted octanol–water partition coefficient (Wildman–Crippen LogP) is 3.73. The zero-order valence-corrected chi connectivity index (χ0v) is 9.98. The highest BCUT2D eigenvalue weighted by Gasteiger charge is 2.10. The van der Waals surface area contributed by atoms with Crippen LogP contribution >= 0.6 is 23.2 Å². The molecule has 0 aromatic heterocycles. The number of halogens is 3. The maximum Gasteiger partial charge on any atom is 0.163 e. The summed E-state index contributed by atoms with van der Waals surface area (Å²) in [5.41, 5.74) is 1.34. The second-order valence-corrected chi connectivity index (χ2v) is 3.75. The molecule has 1 rings (SSSR count). The summed E-state index contributed by atoms with van der Waals surface area (Å²) >= 11 is 11.0. The summed E-state index contributed by atoms with van der Waals surface area (Å²) < 4.78 is 18.1. The average Bonchev–Trinajstić information content (AvgIpc) is 2.26. The molecule has 0 radical (unpaired) electrons. The first-order valence-electron chi connectivity index (χ1n) is 4.42. The van der Waals surface area contributed by atoms with Gasteiger partial charge in [-0.25, -0.2) is 4.39 Å². The molecule has 0 aliphatic rings. The van der Waals surface area contributed by atoms with Gasteiger partial charge in [-0.3, -0.25) is 4.79 Å². The van der Waals surface area contributed by atoms with E-state index in [4.69, 9.17) is 27.9 Å². The molecule has 0 heterocycles. The van der Waals surface area contributed by atoms with Crippen molar-refractivity contribution in [1.82, 2.24) is 0 Å². The summed E-state index contributed by atoms with van der Waals surface area (Å²) in [5, 5.41) is 0.292. The summed E-state index contributed by atoms with van der Waals surface area (Å²) in [6.07, 6.45) is 0. The van der Waals surface area contributed by atoms with E-state index in [9.17, 15) is 9.18 Å². The fourth-order valence-electron chi connectivity index (χ4n) is 1.08. The van der Waals surface area contributed by atoms with E-state index in [1.165, 1.54) is 24.6 Å². The number of ether oxygens (including phenoxy) is 1. The standard InChI is InChI=1S/C11H9Cl2FO2/c1-7(15)10-4-9(14)2-3-11(10)16-6-8(13)5-12/h2-5H,6H2,1H3.